The van der Waals surface area contributed by atoms with E-state index in [-0.39, 0.29) is 58.1 Å². The molecule has 0 amide bonds. The average molecular weight is 789 g/mol. The summed E-state index contributed by atoms with van der Waals surface area (Å²) < 4.78 is 58.7. The van der Waals surface area contributed by atoms with E-state index in [0.29, 0.717) is 28.7 Å². The summed E-state index contributed by atoms with van der Waals surface area (Å²) in [6.07, 6.45) is 0. The number of nitrogens with zero attached hydrogens (tertiary/aromatic N) is 4. The maximum absolute atomic E-state index is 9.46. The predicted molar refractivity (Wildman–Crippen MR) is 252 cm³/mol. The molecule has 3 aromatic heterocycles. The van der Waals surface area contributed by atoms with Crippen molar-refractivity contribution in [2.75, 3.05) is 0 Å². The minimum absolute atomic E-state index is 0.0547. The first-order valence-electron chi connectivity index (χ1n) is 22.7. The van der Waals surface area contributed by atoms with E-state index < -0.39 is 0 Å². The van der Waals surface area contributed by atoms with Crippen LogP contribution in [0.2, 0.25) is 0 Å². The summed E-state index contributed by atoms with van der Waals surface area (Å²) in [7, 11) is 0. The minimum atomic E-state index is -0.186. The molecule has 0 aliphatic heterocycles. The number of hydrogen-bond donors (Lipinski definition) is 0. The Morgan fingerprint density at radius 2 is 0.933 bits per heavy atom. The van der Waals surface area contributed by atoms with E-state index in [2.05, 4.69) is 72.8 Å². The molecule has 0 N–H and O–H groups in total. The highest BCUT2D eigenvalue weighted by molar-refractivity contribution is 7.26. The predicted octanol–water partition coefficient (Wildman–Crippen LogP) is 14.8. The Morgan fingerprint density at radius 1 is 0.383 bits per heavy atom. The molecule has 0 unspecified atom stereocenters. The van der Waals surface area contributed by atoms with Gasteiger partial charge in [-0.3, -0.25) is 0 Å². The van der Waals surface area contributed by atoms with Crippen LogP contribution in [0.15, 0.2) is 206 Å². The fraction of sp³-hybridized carbons (Fsp3) is 0. The van der Waals surface area contributed by atoms with Gasteiger partial charge in [0.05, 0.1) is 24.9 Å². The molecule has 0 radical (unpaired) electrons. The molecule has 0 saturated carbocycles. The van der Waals surface area contributed by atoms with Crippen LogP contribution in [-0.4, -0.2) is 19.5 Å². The van der Waals surface area contributed by atoms with Gasteiger partial charge in [0.25, 0.3) is 0 Å². The Hall–Kier alpha value is -7.73. The zero-order valence-electron chi connectivity index (χ0n) is 37.9. The van der Waals surface area contributed by atoms with Crippen molar-refractivity contribution in [1.82, 2.24) is 19.5 Å². The van der Waals surface area contributed by atoms with Gasteiger partial charge in [0.15, 0.2) is 17.5 Å². The molecule has 9 aromatic carbocycles. The lowest BCUT2D eigenvalue weighted by Crippen LogP contribution is -2.05. The van der Waals surface area contributed by atoms with Crippen LogP contribution >= 0.6 is 11.3 Å². The molecule has 0 saturated heterocycles. The molecule has 12 aromatic rings. The first kappa shape index (κ1) is 28.6. The number of aromatic nitrogens is 4. The molecular formula is C55H34N4S. The quantitative estimate of drug-likeness (QED) is 0.169. The van der Waals surface area contributed by atoms with E-state index >= 15 is 0 Å². The summed E-state index contributed by atoms with van der Waals surface area (Å²) in [5.74, 6) is 1.22. The Kier molecular flexibility index (Phi) is 6.67. The Balaban J connectivity index is 1.18. The van der Waals surface area contributed by atoms with Crippen LogP contribution < -0.4 is 0 Å². The van der Waals surface area contributed by atoms with Gasteiger partial charge < -0.3 is 4.57 Å². The molecule has 0 spiro atoms. The van der Waals surface area contributed by atoms with E-state index in [9.17, 15) is 5.48 Å². The summed E-state index contributed by atoms with van der Waals surface area (Å²) >= 11 is 1.68. The van der Waals surface area contributed by atoms with Gasteiger partial charge >= 0.3 is 0 Å². The van der Waals surface area contributed by atoms with Crippen molar-refractivity contribution in [3.8, 4) is 62.1 Å². The fourth-order valence-corrected chi connectivity index (χ4v) is 9.73. The van der Waals surface area contributed by atoms with Crippen LogP contribution in [0.1, 0.15) is 8.22 Å². The summed E-state index contributed by atoms with van der Waals surface area (Å²) in [6, 6.07) is 54.9. The maximum Gasteiger partial charge on any atom is 0.166 e. The first-order valence-corrected chi connectivity index (χ1v) is 20.5. The molecule has 4 nitrogen and oxygen atoms in total. The van der Waals surface area contributed by atoms with Crippen molar-refractivity contribution in [2.24, 2.45) is 0 Å². The molecular weight excluding hydrogens is 749 g/mol. The normalized spacial score (nSPS) is 13.1. The molecule has 60 heavy (non-hydrogen) atoms. The number of rotatable bonds is 6. The average Bonchev–Trinajstić information content (AvgIpc) is 3.93. The van der Waals surface area contributed by atoms with Gasteiger partial charge in [-0.25, -0.2) is 15.0 Å². The van der Waals surface area contributed by atoms with Crippen molar-refractivity contribution in [3.63, 3.8) is 0 Å². The Morgan fingerprint density at radius 3 is 1.72 bits per heavy atom. The number of para-hydroxylation sites is 3. The third-order valence-corrected chi connectivity index (χ3v) is 12.5. The molecule has 0 aliphatic carbocycles. The number of fused-ring (bicyclic) bond motifs is 7. The van der Waals surface area contributed by atoms with Gasteiger partial charge in [-0.05, 0) is 46.1 Å². The smallest absolute Gasteiger partial charge is 0.166 e. The van der Waals surface area contributed by atoms with E-state index in [1.165, 1.54) is 12.1 Å². The fourth-order valence-electron chi connectivity index (χ4n) is 8.50. The third-order valence-electron chi connectivity index (χ3n) is 11.2. The molecule has 0 bridgehead atoms. The Bertz CT molecular complexity index is 3880. The second-order valence-corrected chi connectivity index (χ2v) is 15.7. The lowest BCUT2D eigenvalue weighted by molar-refractivity contribution is 1.06. The van der Waals surface area contributed by atoms with Crippen LogP contribution in [0.25, 0.3) is 115 Å². The topological polar surface area (TPSA) is 43.6 Å². The molecule has 0 atom stereocenters. The molecule has 0 fully saturated rings. The maximum atomic E-state index is 9.46. The van der Waals surface area contributed by atoms with E-state index in [0.717, 1.165) is 64.3 Å². The highest BCUT2D eigenvalue weighted by Crippen LogP contribution is 2.46. The molecule has 280 valence electrons. The lowest BCUT2D eigenvalue weighted by atomic mass is 9.97. The van der Waals surface area contributed by atoms with Crippen molar-refractivity contribution >= 4 is 64.1 Å². The van der Waals surface area contributed by atoms with Gasteiger partial charge in [0.2, 0.25) is 0 Å². The molecule has 3 heterocycles. The number of thiophene rings is 1. The van der Waals surface area contributed by atoms with Crippen molar-refractivity contribution in [1.29, 1.82) is 0 Å². The summed E-state index contributed by atoms with van der Waals surface area (Å²) in [4.78, 5) is 15.6. The first-order chi connectivity index (χ1) is 32.2. The van der Waals surface area contributed by atoms with Crippen LogP contribution in [-0.2, 0) is 0 Å². The van der Waals surface area contributed by atoms with Crippen molar-refractivity contribution in [3.05, 3.63) is 206 Å². The SMILES string of the molecule is [2H]c1cc([2H])c2c(c1[2H])c1c([2H])c([2H])cc([2H])c1n2-c1c(-c2nc(-c3ccccc3)nc(-c3ccc(-c4cccc5ccccc45)cc3)n2)cccc1-c1cccc2c1sc1ccccc12. The van der Waals surface area contributed by atoms with Crippen LogP contribution in [0.5, 0.6) is 0 Å². The van der Waals surface area contributed by atoms with Gasteiger partial charge in [-0.1, -0.05) is 182 Å². The standard InChI is InChI=1S/C55H34N4S/c1-2-16-37(17-3-1)53-56-54(38-33-31-36(32-34-38)40-23-12-18-35-15-4-5-19-39(35)40)58-55(57-53)47-27-13-24-44(46-26-14-25-45-43-22-8-11-30-50(43)60-52(45)46)51(47)59-48-28-9-6-20-41(48)42-21-7-10-29-49(42)59/h1-34H/i6D,7D,20D,21D,28D,29D. The summed E-state index contributed by atoms with van der Waals surface area (Å²) in [5, 5.41) is 4.86. The van der Waals surface area contributed by atoms with Gasteiger partial charge in [-0.15, -0.1) is 11.3 Å². The van der Waals surface area contributed by atoms with Gasteiger partial charge in [-0.2, -0.15) is 0 Å². The lowest BCUT2D eigenvalue weighted by Gasteiger charge is -2.19. The van der Waals surface area contributed by atoms with Crippen LogP contribution in [0.4, 0.5) is 0 Å². The third kappa shape index (κ3) is 5.55. The molecule has 12 rings (SSSR count). The second-order valence-electron chi connectivity index (χ2n) is 14.7. The van der Waals surface area contributed by atoms with Gasteiger partial charge in [0, 0.05) is 58.8 Å². The van der Waals surface area contributed by atoms with Crippen LogP contribution in [0.3, 0.4) is 0 Å². The molecule has 5 heteroatoms. The number of benzene rings is 9. The largest absolute Gasteiger partial charge is 0.308 e. The van der Waals surface area contributed by atoms with Gasteiger partial charge in [0.1, 0.15) is 0 Å². The van der Waals surface area contributed by atoms with E-state index in [1.54, 1.807) is 15.9 Å². The zero-order valence-corrected chi connectivity index (χ0v) is 32.7. The number of hydrogen-bond acceptors (Lipinski definition) is 4. The second kappa shape index (κ2) is 14.0. The molecule has 0 aliphatic rings. The van der Waals surface area contributed by atoms with Crippen molar-refractivity contribution in [2.45, 2.75) is 0 Å². The monoisotopic (exact) mass is 788 g/mol. The van der Waals surface area contributed by atoms with Crippen molar-refractivity contribution < 1.29 is 8.22 Å². The Labute approximate surface area is 358 Å². The van der Waals surface area contributed by atoms with E-state index in [4.69, 9.17) is 17.7 Å². The van der Waals surface area contributed by atoms with E-state index in [1.807, 2.05) is 84.9 Å². The summed E-state index contributed by atoms with van der Waals surface area (Å²) in [5.41, 5.74) is 6.94. The zero-order chi connectivity index (χ0) is 44.8. The minimum Gasteiger partial charge on any atom is -0.308 e. The summed E-state index contributed by atoms with van der Waals surface area (Å²) in [6.45, 7) is 0. The highest BCUT2D eigenvalue weighted by Gasteiger charge is 2.24. The van der Waals surface area contributed by atoms with Crippen LogP contribution in [0, 0.1) is 0 Å². The highest BCUT2D eigenvalue weighted by atomic mass is 32.1.